The fourth-order valence-corrected chi connectivity index (χ4v) is 4.97. The van der Waals surface area contributed by atoms with Gasteiger partial charge in [-0.2, -0.15) is 0 Å². The van der Waals surface area contributed by atoms with Gasteiger partial charge < -0.3 is 0 Å². The van der Waals surface area contributed by atoms with Crippen LogP contribution in [0, 0.1) is 11.8 Å². The topological polar surface area (TPSA) is 66.5 Å². The van der Waals surface area contributed by atoms with Gasteiger partial charge in [-0.05, 0) is 30.7 Å². The van der Waals surface area contributed by atoms with Crippen LogP contribution in [0.15, 0.2) is 76.2 Å². The van der Waals surface area contributed by atoms with Gasteiger partial charge in [0.2, 0.25) is 17.7 Å². The van der Waals surface area contributed by atoms with E-state index in [1.54, 1.807) is 16.7 Å². The second-order valence-corrected chi connectivity index (χ2v) is 8.12. The number of rotatable bonds is 4. The Hall–Kier alpha value is -2.86. The standard InChI is InChI=1S/C22H20N2O3S/c1-14(25)24(15-8-4-2-5-9-15)19-12-17-18(22(27)23-21(17)26)13-20(19)28-16-10-6-3-7-11-16/h2-11,17-18H,12-13H2,1H3,(H,23,26,27). The molecule has 2 aromatic rings. The number of hydrogen-bond donors (Lipinski definition) is 1. The Bertz CT molecular complexity index is 956. The molecule has 1 fully saturated rings. The van der Waals surface area contributed by atoms with Gasteiger partial charge in [-0.15, -0.1) is 0 Å². The van der Waals surface area contributed by atoms with Crippen LogP contribution < -0.4 is 10.2 Å². The van der Waals surface area contributed by atoms with Crippen LogP contribution in [0.4, 0.5) is 5.69 Å². The molecule has 0 aromatic heterocycles. The second-order valence-electron chi connectivity index (χ2n) is 6.95. The number of thioether (sulfide) groups is 1. The van der Waals surface area contributed by atoms with Gasteiger partial charge in [0.05, 0.1) is 11.8 Å². The molecule has 2 aromatic carbocycles. The van der Waals surface area contributed by atoms with Crippen molar-refractivity contribution in [2.75, 3.05) is 4.90 Å². The number of allylic oxidation sites excluding steroid dienone is 2. The lowest BCUT2D eigenvalue weighted by molar-refractivity contribution is -0.126. The fraction of sp³-hybridized carbons (Fsp3) is 0.227. The molecule has 2 aliphatic rings. The van der Waals surface area contributed by atoms with E-state index in [0.29, 0.717) is 12.8 Å². The van der Waals surface area contributed by atoms with Crippen LogP contribution >= 0.6 is 11.8 Å². The largest absolute Gasteiger partial charge is 0.296 e. The summed E-state index contributed by atoms with van der Waals surface area (Å²) in [4.78, 5) is 40.8. The molecule has 0 spiro atoms. The third kappa shape index (κ3) is 3.47. The first-order valence-electron chi connectivity index (χ1n) is 9.20. The van der Waals surface area contributed by atoms with Crippen LogP contribution in [0.1, 0.15) is 19.8 Å². The SMILES string of the molecule is CC(=O)N(C1=C(Sc2ccccc2)CC2C(=O)NC(=O)C2C1)c1ccccc1. The molecule has 5 nitrogen and oxygen atoms in total. The Morgan fingerprint density at radius 1 is 0.929 bits per heavy atom. The molecular formula is C22H20N2O3S. The average molecular weight is 392 g/mol. The third-order valence-corrected chi connectivity index (χ3v) is 6.29. The highest BCUT2D eigenvalue weighted by molar-refractivity contribution is 8.03. The number of carbonyl (C=O) groups is 3. The van der Waals surface area contributed by atoms with Crippen molar-refractivity contribution in [3.05, 3.63) is 71.3 Å². The quantitative estimate of drug-likeness (QED) is 0.806. The Balaban J connectivity index is 1.80. The molecule has 6 heteroatoms. The lowest BCUT2D eigenvalue weighted by Gasteiger charge is -2.33. The van der Waals surface area contributed by atoms with E-state index in [1.807, 2.05) is 60.7 Å². The molecule has 1 aliphatic carbocycles. The molecule has 0 saturated carbocycles. The van der Waals surface area contributed by atoms with Crippen molar-refractivity contribution in [1.29, 1.82) is 0 Å². The minimum atomic E-state index is -0.423. The highest BCUT2D eigenvalue weighted by Crippen LogP contribution is 2.46. The van der Waals surface area contributed by atoms with E-state index in [1.165, 1.54) is 6.92 Å². The summed E-state index contributed by atoms with van der Waals surface area (Å²) < 4.78 is 0. The van der Waals surface area contributed by atoms with Gasteiger partial charge in [-0.1, -0.05) is 48.2 Å². The molecule has 1 heterocycles. The van der Waals surface area contributed by atoms with Crippen molar-refractivity contribution in [2.24, 2.45) is 11.8 Å². The van der Waals surface area contributed by atoms with Crippen molar-refractivity contribution in [3.8, 4) is 0 Å². The van der Waals surface area contributed by atoms with Gasteiger partial charge in [0.25, 0.3) is 0 Å². The molecule has 28 heavy (non-hydrogen) atoms. The summed E-state index contributed by atoms with van der Waals surface area (Å²) in [6.07, 6.45) is 0.819. The third-order valence-electron chi connectivity index (χ3n) is 5.13. The number of para-hydroxylation sites is 1. The van der Waals surface area contributed by atoms with Crippen molar-refractivity contribution in [2.45, 2.75) is 24.7 Å². The maximum Gasteiger partial charge on any atom is 0.230 e. The van der Waals surface area contributed by atoms with E-state index in [2.05, 4.69) is 5.32 Å². The molecule has 4 rings (SSSR count). The number of nitrogens with zero attached hydrogens (tertiary/aromatic N) is 1. The van der Waals surface area contributed by atoms with E-state index < -0.39 is 5.92 Å². The molecule has 1 saturated heterocycles. The summed E-state index contributed by atoms with van der Waals surface area (Å²) in [6.45, 7) is 1.52. The number of fused-ring (bicyclic) bond motifs is 1. The van der Waals surface area contributed by atoms with E-state index in [-0.39, 0.29) is 23.6 Å². The Morgan fingerprint density at radius 3 is 2.11 bits per heavy atom. The molecule has 2 unspecified atom stereocenters. The summed E-state index contributed by atoms with van der Waals surface area (Å²) in [6, 6.07) is 19.3. The molecule has 1 N–H and O–H groups in total. The zero-order valence-electron chi connectivity index (χ0n) is 15.4. The summed E-state index contributed by atoms with van der Waals surface area (Å²) in [5, 5.41) is 2.45. The number of anilines is 1. The zero-order chi connectivity index (χ0) is 19.7. The van der Waals surface area contributed by atoms with Gasteiger partial charge in [-0.3, -0.25) is 24.6 Å². The first-order chi connectivity index (χ1) is 13.5. The number of amides is 3. The summed E-state index contributed by atoms with van der Waals surface area (Å²) in [7, 11) is 0. The van der Waals surface area contributed by atoms with Gasteiger partial charge in [0.15, 0.2) is 0 Å². The molecule has 142 valence electrons. The van der Waals surface area contributed by atoms with Crippen LogP contribution in [-0.2, 0) is 14.4 Å². The van der Waals surface area contributed by atoms with E-state index >= 15 is 0 Å². The number of hydrogen-bond acceptors (Lipinski definition) is 4. The number of benzene rings is 2. The normalized spacial score (nSPS) is 21.3. The van der Waals surface area contributed by atoms with Gasteiger partial charge >= 0.3 is 0 Å². The maximum atomic E-state index is 12.6. The van der Waals surface area contributed by atoms with Gasteiger partial charge in [-0.25, -0.2) is 0 Å². The molecule has 1 aliphatic heterocycles. The van der Waals surface area contributed by atoms with Crippen molar-refractivity contribution < 1.29 is 14.4 Å². The van der Waals surface area contributed by atoms with Gasteiger partial charge in [0, 0.05) is 34.5 Å². The number of nitrogens with one attached hydrogen (secondary N) is 1. The zero-order valence-corrected chi connectivity index (χ0v) is 16.2. The van der Waals surface area contributed by atoms with Crippen molar-refractivity contribution in [3.63, 3.8) is 0 Å². The molecule has 2 atom stereocenters. The number of imide groups is 1. The van der Waals surface area contributed by atoms with Crippen LogP contribution in [0.25, 0.3) is 0 Å². The second kappa shape index (κ2) is 7.64. The lowest BCUT2D eigenvalue weighted by atomic mass is 9.82. The molecule has 0 radical (unpaired) electrons. The van der Waals surface area contributed by atoms with E-state index in [4.69, 9.17) is 0 Å². The highest BCUT2D eigenvalue weighted by Gasteiger charge is 2.46. The van der Waals surface area contributed by atoms with Crippen LogP contribution in [-0.4, -0.2) is 17.7 Å². The first-order valence-corrected chi connectivity index (χ1v) is 10.0. The van der Waals surface area contributed by atoms with Crippen LogP contribution in [0.2, 0.25) is 0 Å². The minimum absolute atomic E-state index is 0.115. The fourth-order valence-electron chi connectivity index (χ4n) is 3.83. The Labute approximate surface area is 167 Å². The Morgan fingerprint density at radius 2 is 1.50 bits per heavy atom. The van der Waals surface area contributed by atoms with E-state index in [0.717, 1.165) is 21.2 Å². The van der Waals surface area contributed by atoms with E-state index in [9.17, 15) is 14.4 Å². The van der Waals surface area contributed by atoms with Gasteiger partial charge in [0.1, 0.15) is 0 Å². The molecular weight excluding hydrogens is 372 g/mol. The summed E-state index contributed by atoms with van der Waals surface area (Å²) >= 11 is 1.56. The van der Waals surface area contributed by atoms with Crippen molar-refractivity contribution in [1.82, 2.24) is 5.32 Å². The van der Waals surface area contributed by atoms with Crippen molar-refractivity contribution >= 4 is 35.2 Å². The summed E-state index contributed by atoms with van der Waals surface area (Å²) in [5.74, 6) is -1.36. The predicted molar refractivity (Wildman–Crippen MR) is 108 cm³/mol. The highest BCUT2D eigenvalue weighted by atomic mass is 32.2. The number of carbonyl (C=O) groups excluding carboxylic acids is 3. The predicted octanol–water partition coefficient (Wildman–Crippen LogP) is 3.73. The lowest BCUT2D eigenvalue weighted by Crippen LogP contribution is -2.34. The van der Waals surface area contributed by atoms with Crippen LogP contribution in [0.3, 0.4) is 0 Å². The van der Waals surface area contributed by atoms with Crippen LogP contribution in [0.5, 0.6) is 0 Å². The monoisotopic (exact) mass is 392 g/mol. The smallest absolute Gasteiger partial charge is 0.230 e. The maximum absolute atomic E-state index is 12.6. The Kier molecular flexibility index (Phi) is 5.05. The first kappa shape index (κ1) is 18.5. The molecule has 3 amide bonds. The molecule has 0 bridgehead atoms. The average Bonchev–Trinajstić information content (AvgIpc) is 2.97. The minimum Gasteiger partial charge on any atom is -0.296 e. The summed E-state index contributed by atoms with van der Waals surface area (Å²) in [5.41, 5.74) is 1.57.